The van der Waals surface area contributed by atoms with Crippen LogP contribution in [0.5, 0.6) is 0 Å². The summed E-state index contributed by atoms with van der Waals surface area (Å²) in [6.07, 6.45) is 6.01. The number of aromatic nitrogens is 1. The minimum absolute atomic E-state index is 0.698. The number of nitrogens with zero attached hydrogens (tertiary/aromatic N) is 1. The van der Waals surface area contributed by atoms with Crippen molar-refractivity contribution in [1.82, 2.24) is 4.57 Å². The molecule has 1 heterocycles. The molecule has 0 aliphatic rings. The fourth-order valence-electron chi connectivity index (χ4n) is 3.02. The summed E-state index contributed by atoms with van der Waals surface area (Å²) in [4.78, 5) is 11.4. The summed E-state index contributed by atoms with van der Waals surface area (Å²) in [7, 11) is 0. The first-order valence-electron chi connectivity index (χ1n) is 7.75. The molecule has 1 aromatic heterocycles. The second kappa shape index (κ2) is 6.74. The number of carbonyl (C=O) groups is 1. The molecule has 0 saturated carbocycles. The Morgan fingerprint density at radius 2 is 2.00 bits per heavy atom. The Balaban J connectivity index is 2.38. The Kier molecular flexibility index (Phi) is 4.99. The van der Waals surface area contributed by atoms with Crippen molar-refractivity contribution in [2.24, 2.45) is 5.92 Å². The van der Waals surface area contributed by atoms with Crippen molar-refractivity contribution in [2.45, 2.75) is 53.0 Å². The Morgan fingerprint density at radius 3 is 2.65 bits per heavy atom. The quantitative estimate of drug-likeness (QED) is 0.651. The largest absolute Gasteiger partial charge is 0.344 e. The molecule has 2 aromatic rings. The molecule has 2 nitrogen and oxygen atoms in total. The van der Waals surface area contributed by atoms with Gasteiger partial charge in [-0.2, -0.15) is 0 Å². The average Bonchev–Trinajstić information content (AvgIpc) is 2.75. The Hall–Kier alpha value is -1.57. The summed E-state index contributed by atoms with van der Waals surface area (Å²) in [6, 6.07) is 8.24. The van der Waals surface area contributed by atoms with Gasteiger partial charge in [0.1, 0.15) is 0 Å². The number of rotatable bonds is 7. The highest BCUT2D eigenvalue weighted by Crippen LogP contribution is 2.27. The Morgan fingerprint density at radius 1 is 1.25 bits per heavy atom. The molecule has 0 radical (unpaired) electrons. The zero-order valence-corrected chi connectivity index (χ0v) is 12.9. The molecule has 0 amide bonds. The number of carbonyl (C=O) groups excluding carboxylic acids is 1. The summed E-state index contributed by atoms with van der Waals surface area (Å²) in [5.74, 6) is 0.698. The zero-order chi connectivity index (χ0) is 14.5. The lowest BCUT2D eigenvalue weighted by molar-refractivity contribution is 0.112. The summed E-state index contributed by atoms with van der Waals surface area (Å²) >= 11 is 0. The minimum atomic E-state index is 0.698. The number of para-hydroxylation sites is 1. The molecule has 0 aliphatic heterocycles. The molecule has 108 valence electrons. The van der Waals surface area contributed by atoms with Crippen molar-refractivity contribution in [3.8, 4) is 0 Å². The maximum atomic E-state index is 11.4. The first-order valence-corrected chi connectivity index (χ1v) is 7.75. The lowest BCUT2D eigenvalue weighted by atomic mass is 9.99. The van der Waals surface area contributed by atoms with Gasteiger partial charge < -0.3 is 4.57 Å². The molecule has 0 bridgehead atoms. The van der Waals surface area contributed by atoms with Gasteiger partial charge in [-0.15, -0.1) is 0 Å². The topological polar surface area (TPSA) is 22.0 Å². The number of hydrogen-bond acceptors (Lipinski definition) is 1. The fourth-order valence-corrected chi connectivity index (χ4v) is 3.02. The highest BCUT2D eigenvalue weighted by atomic mass is 16.1. The zero-order valence-electron chi connectivity index (χ0n) is 12.9. The molecular weight excluding hydrogens is 246 g/mol. The highest BCUT2D eigenvalue weighted by Gasteiger charge is 2.15. The van der Waals surface area contributed by atoms with Gasteiger partial charge >= 0.3 is 0 Å². The fraction of sp³-hybridized carbons (Fsp3) is 0.500. The molecule has 0 spiro atoms. The molecule has 0 fully saturated rings. The first-order chi connectivity index (χ1) is 9.72. The lowest BCUT2D eigenvalue weighted by Crippen LogP contribution is -2.11. The minimum Gasteiger partial charge on any atom is -0.344 e. The van der Waals surface area contributed by atoms with Gasteiger partial charge in [-0.25, -0.2) is 0 Å². The summed E-state index contributed by atoms with van der Waals surface area (Å²) in [5, 5.41) is 1.09. The first kappa shape index (κ1) is 14.8. The van der Waals surface area contributed by atoms with Crippen molar-refractivity contribution < 1.29 is 4.79 Å². The summed E-state index contributed by atoms with van der Waals surface area (Å²) < 4.78 is 2.34. The van der Waals surface area contributed by atoms with Gasteiger partial charge in [0.05, 0.1) is 0 Å². The van der Waals surface area contributed by atoms with E-state index in [-0.39, 0.29) is 0 Å². The maximum absolute atomic E-state index is 11.4. The van der Waals surface area contributed by atoms with Gasteiger partial charge in [-0.05, 0) is 25.3 Å². The van der Waals surface area contributed by atoms with E-state index in [1.54, 1.807) is 0 Å². The summed E-state index contributed by atoms with van der Waals surface area (Å²) in [5.41, 5.74) is 3.16. The summed E-state index contributed by atoms with van der Waals surface area (Å²) in [6.45, 7) is 7.60. The van der Waals surface area contributed by atoms with Crippen LogP contribution in [0.1, 0.15) is 55.6 Å². The Labute approximate surface area is 121 Å². The number of hydrogen-bond donors (Lipinski definition) is 0. The third-order valence-electron chi connectivity index (χ3n) is 4.38. The normalized spacial score (nSPS) is 12.8. The SMILES string of the molecule is CCCCC(CC)Cn1c(C)c(C=O)c2ccccc21. The molecular formula is C18H25NO. The monoisotopic (exact) mass is 271 g/mol. The van der Waals surface area contributed by atoms with E-state index in [1.165, 1.54) is 31.2 Å². The van der Waals surface area contributed by atoms with Crippen LogP contribution in [-0.2, 0) is 6.54 Å². The van der Waals surface area contributed by atoms with E-state index < -0.39 is 0 Å². The van der Waals surface area contributed by atoms with Crippen molar-refractivity contribution >= 4 is 17.2 Å². The van der Waals surface area contributed by atoms with Gasteiger partial charge in [-0.3, -0.25) is 4.79 Å². The molecule has 2 rings (SSSR count). The van der Waals surface area contributed by atoms with Crippen molar-refractivity contribution in [3.05, 3.63) is 35.5 Å². The van der Waals surface area contributed by atoms with E-state index in [4.69, 9.17) is 0 Å². The molecule has 0 aliphatic carbocycles. The van der Waals surface area contributed by atoms with E-state index >= 15 is 0 Å². The van der Waals surface area contributed by atoms with Gasteiger partial charge in [0.15, 0.2) is 6.29 Å². The predicted molar refractivity (Wildman–Crippen MR) is 85.4 cm³/mol. The molecule has 1 unspecified atom stereocenters. The van der Waals surface area contributed by atoms with Crippen LogP contribution in [0.15, 0.2) is 24.3 Å². The third kappa shape index (κ3) is 2.79. The van der Waals surface area contributed by atoms with Crippen LogP contribution in [0.25, 0.3) is 10.9 Å². The van der Waals surface area contributed by atoms with E-state index in [2.05, 4.69) is 43.5 Å². The molecule has 0 saturated heterocycles. The number of aldehydes is 1. The van der Waals surface area contributed by atoms with Gasteiger partial charge in [-0.1, -0.05) is 51.3 Å². The number of benzene rings is 1. The van der Waals surface area contributed by atoms with E-state index in [1.807, 2.05) is 6.07 Å². The van der Waals surface area contributed by atoms with E-state index in [0.717, 1.165) is 29.5 Å². The number of unbranched alkanes of at least 4 members (excludes halogenated alkanes) is 1. The van der Waals surface area contributed by atoms with Crippen LogP contribution < -0.4 is 0 Å². The molecule has 1 atom stereocenters. The average molecular weight is 271 g/mol. The van der Waals surface area contributed by atoms with Crippen molar-refractivity contribution in [3.63, 3.8) is 0 Å². The third-order valence-corrected chi connectivity index (χ3v) is 4.38. The number of fused-ring (bicyclic) bond motifs is 1. The van der Waals surface area contributed by atoms with Crippen LogP contribution in [0.3, 0.4) is 0 Å². The Bertz CT molecular complexity index is 582. The molecule has 1 aromatic carbocycles. The second-order valence-electron chi connectivity index (χ2n) is 5.66. The maximum Gasteiger partial charge on any atom is 0.152 e. The van der Waals surface area contributed by atoms with Crippen LogP contribution in [0.2, 0.25) is 0 Å². The van der Waals surface area contributed by atoms with Crippen LogP contribution in [0.4, 0.5) is 0 Å². The molecule has 2 heteroatoms. The standard InChI is InChI=1S/C18H25NO/c1-4-6-9-15(5-2)12-19-14(3)17(13-20)16-10-7-8-11-18(16)19/h7-8,10-11,13,15H,4-6,9,12H2,1-3H3. The van der Waals surface area contributed by atoms with Crippen LogP contribution in [0, 0.1) is 12.8 Å². The van der Waals surface area contributed by atoms with Crippen molar-refractivity contribution in [2.75, 3.05) is 0 Å². The molecule has 0 N–H and O–H groups in total. The predicted octanol–water partition coefficient (Wildman–Crippen LogP) is 4.98. The van der Waals surface area contributed by atoms with Crippen LogP contribution in [-0.4, -0.2) is 10.9 Å². The smallest absolute Gasteiger partial charge is 0.152 e. The lowest BCUT2D eigenvalue weighted by Gasteiger charge is -2.17. The van der Waals surface area contributed by atoms with Crippen molar-refractivity contribution in [1.29, 1.82) is 0 Å². The van der Waals surface area contributed by atoms with Crippen LogP contribution >= 0.6 is 0 Å². The van der Waals surface area contributed by atoms with E-state index in [9.17, 15) is 4.79 Å². The van der Waals surface area contributed by atoms with Gasteiger partial charge in [0.25, 0.3) is 0 Å². The van der Waals surface area contributed by atoms with Gasteiger partial charge in [0.2, 0.25) is 0 Å². The highest BCUT2D eigenvalue weighted by molar-refractivity contribution is 5.99. The second-order valence-corrected chi connectivity index (χ2v) is 5.66. The van der Waals surface area contributed by atoms with E-state index in [0.29, 0.717) is 5.92 Å². The van der Waals surface area contributed by atoms with Gasteiger partial charge in [0, 0.05) is 28.7 Å². The molecule has 20 heavy (non-hydrogen) atoms.